The Labute approximate surface area is 165 Å². The normalized spacial score (nSPS) is 20.5. The number of rotatable bonds is 5. The van der Waals surface area contributed by atoms with Crippen LogP contribution in [0.1, 0.15) is 35.8 Å². The van der Waals surface area contributed by atoms with Gasteiger partial charge in [-0.2, -0.15) is 0 Å². The number of pyridine rings is 1. The average Bonchev–Trinajstić information content (AvgIpc) is 3.21. The molecule has 3 heterocycles. The van der Waals surface area contributed by atoms with Gasteiger partial charge in [-0.3, -0.25) is 14.7 Å². The molecule has 4 rings (SSSR count). The summed E-state index contributed by atoms with van der Waals surface area (Å²) in [5.74, 6) is -0.0547. The molecule has 28 heavy (non-hydrogen) atoms. The summed E-state index contributed by atoms with van der Waals surface area (Å²) in [4.78, 5) is 21.9. The fourth-order valence-corrected chi connectivity index (χ4v) is 4.01. The predicted molar refractivity (Wildman–Crippen MR) is 104 cm³/mol. The van der Waals surface area contributed by atoms with Crippen LogP contribution in [0.25, 0.3) is 0 Å². The third kappa shape index (κ3) is 4.56. The molecular formula is C22H26FN3O2. The summed E-state index contributed by atoms with van der Waals surface area (Å²) in [5, 5.41) is 0. The molecule has 2 fully saturated rings. The molecule has 0 radical (unpaired) electrons. The Hall–Kier alpha value is -2.31. The van der Waals surface area contributed by atoms with Gasteiger partial charge in [-0.1, -0.05) is 18.2 Å². The lowest BCUT2D eigenvalue weighted by Gasteiger charge is -2.30. The number of aromatic nitrogens is 1. The van der Waals surface area contributed by atoms with Gasteiger partial charge in [0.05, 0.1) is 31.5 Å². The van der Waals surface area contributed by atoms with Crippen molar-refractivity contribution in [2.24, 2.45) is 0 Å². The van der Waals surface area contributed by atoms with Crippen LogP contribution in [0.3, 0.4) is 0 Å². The van der Waals surface area contributed by atoms with E-state index in [1.54, 1.807) is 12.1 Å². The highest BCUT2D eigenvalue weighted by Crippen LogP contribution is 2.31. The Morgan fingerprint density at radius 3 is 2.68 bits per heavy atom. The molecule has 2 saturated heterocycles. The van der Waals surface area contributed by atoms with Gasteiger partial charge in [-0.05, 0) is 42.7 Å². The van der Waals surface area contributed by atoms with Crippen LogP contribution in [-0.4, -0.2) is 60.1 Å². The maximum Gasteiger partial charge on any atom is 0.237 e. The van der Waals surface area contributed by atoms with Crippen molar-refractivity contribution in [2.45, 2.75) is 25.3 Å². The van der Waals surface area contributed by atoms with E-state index in [0.29, 0.717) is 26.2 Å². The van der Waals surface area contributed by atoms with Gasteiger partial charge in [0.15, 0.2) is 0 Å². The van der Waals surface area contributed by atoms with Crippen molar-refractivity contribution in [1.29, 1.82) is 0 Å². The summed E-state index contributed by atoms with van der Waals surface area (Å²) in [6.45, 7) is 4.27. The second-order valence-electron chi connectivity index (χ2n) is 7.49. The molecule has 2 aromatic rings. The van der Waals surface area contributed by atoms with E-state index in [-0.39, 0.29) is 17.8 Å². The molecule has 0 aliphatic carbocycles. The van der Waals surface area contributed by atoms with E-state index in [4.69, 9.17) is 9.72 Å². The van der Waals surface area contributed by atoms with Gasteiger partial charge in [0.1, 0.15) is 5.82 Å². The van der Waals surface area contributed by atoms with Crippen molar-refractivity contribution in [3.63, 3.8) is 0 Å². The van der Waals surface area contributed by atoms with Crippen molar-refractivity contribution in [3.8, 4) is 0 Å². The zero-order chi connectivity index (χ0) is 19.3. The zero-order valence-corrected chi connectivity index (χ0v) is 16.0. The molecule has 0 saturated carbocycles. The van der Waals surface area contributed by atoms with Crippen molar-refractivity contribution < 1.29 is 13.9 Å². The summed E-state index contributed by atoms with van der Waals surface area (Å²) in [5.41, 5.74) is 2.92. The molecule has 1 atom stereocenters. The van der Waals surface area contributed by atoms with E-state index >= 15 is 0 Å². The Morgan fingerprint density at radius 2 is 1.89 bits per heavy atom. The van der Waals surface area contributed by atoms with E-state index < -0.39 is 0 Å². The van der Waals surface area contributed by atoms with E-state index in [9.17, 15) is 9.18 Å². The first-order valence-electron chi connectivity index (χ1n) is 9.99. The molecule has 0 unspecified atom stereocenters. The number of nitrogens with zero attached hydrogens (tertiary/aromatic N) is 3. The van der Waals surface area contributed by atoms with Crippen LogP contribution in [0.4, 0.5) is 4.39 Å². The molecule has 0 spiro atoms. The van der Waals surface area contributed by atoms with Crippen LogP contribution < -0.4 is 0 Å². The minimum absolute atomic E-state index is 0.0432. The van der Waals surface area contributed by atoms with Gasteiger partial charge < -0.3 is 9.64 Å². The number of carbonyl (C=O) groups is 1. The van der Waals surface area contributed by atoms with E-state index in [0.717, 1.165) is 49.4 Å². The first-order valence-corrected chi connectivity index (χ1v) is 9.99. The first kappa shape index (κ1) is 19.0. The lowest BCUT2D eigenvalue weighted by Crippen LogP contribution is -2.44. The highest BCUT2D eigenvalue weighted by Gasteiger charge is 2.31. The number of carbonyl (C=O) groups excluding carboxylic acids is 1. The van der Waals surface area contributed by atoms with Gasteiger partial charge in [-0.25, -0.2) is 4.39 Å². The van der Waals surface area contributed by atoms with Gasteiger partial charge in [0, 0.05) is 31.7 Å². The highest BCUT2D eigenvalue weighted by atomic mass is 19.1. The molecular weight excluding hydrogens is 357 g/mol. The number of morpholine rings is 1. The third-order valence-electron chi connectivity index (χ3n) is 5.50. The van der Waals surface area contributed by atoms with Crippen LogP contribution >= 0.6 is 0 Å². The predicted octanol–water partition coefficient (Wildman–Crippen LogP) is 2.81. The molecule has 1 aromatic carbocycles. The summed E-state index contributed by atoms with van der Waals surface area (Å²) in [7, 11) is 0. The highest BCUT2D eigenvalue weighted by molar-refractivity contribution is 5.79. The van der Waals surface area contributed by atoms with Crippen LogP contribution in [0, 0.1) is 5.82 Å². The maximum atomic E-state index is 13.1. The standard InChI is InChI=1S/C22H26FN3O2/c23-18-8-6-17(7-9-18)15-19-3-1-4-20(24-19)21-5-2-10-26(21)22(27)16-25-11-13-28-14-12-25/h1,3-4,6-9,21H,2,5,10-16H2/t21-/m0/s1. The van der Waals surface area contributed by atoms with Crippen molar-refractivity contribution in [2.75, 3.05) is 39.4 Å². The minimum Gasteiger partial charge on any atom is -0.379 e. The van der Waals surface area contributed by atoms with Crippen molar-refractivity contribution in [3.05, 3.63) is 65.2 Å². The monoisotopic (exact) mass is 383 g/mol. The number of hydrogen-bond donors (Lipinski definition) is 0. The number of amides is 1. The van der Waals surface area contributed by atoms with E-state index in [1.807, 2.05) is 23.1 Å². The molecule has 0 bridgehead atoms. The molecule has 1 amide bonds. The maximum absolute atomic E-state index is 13.1. The van der Waals surface area contributed by atoms with Crippen LogP contribution in [0.2, 0.25) is 0 Å². The van der Waals surface area contributed by atoms with Gasteiger partial charge >= 0.3 is 0 Å². The van der Waals surface area contributed by atoms with Crippen LogP contribution in [0.15, 0.2) is 42.5 Å². The third-order valence-corrected chi connectivity index (χ3v) is 5.50. The molecule has 5 nitrogen and oxygen atoms in total. The number of benzene rings is 1. The Bertz CT molecular complexity index is 806. The SMILES string of the molecule is O=C(CN1CCOCC1)N1CCC[C@H]1c1cccc(Cc2ccc(F)cc2)n1. The summed E-state index contributed by atoms with van der Waals surface area (Å²) < 4.78 is 18.5. The zero-order valence-electron chi connectivity index (χ0n) is 16.0. The lowest BCUT2D eigenvalue weighted by molar-refractivity contribution is -0.134. The topological polar surface area (TPSA) is 45.7 Å². The fourth-order valence-electron chi connectivity index (χ4n) is 4.01. The van der Waals surface area contributed by atoms with E-state index in [2.05, 4.69) is 4.90 Å². The van der Waals surface area contributed by atoms with E-state index in [1.165, 1.54) is 12.1 Å². The molecule has 1 aromatic heterocycles. The minimum atomic E-state index is -0.231. The molecule has 0 N–H and O–H groups in total. The van der Waals surface area contributed by atoms with Crippen LogP contribution in [0.5, 0.6) is 0 Å². The summed E-state index contributed by atoms with van der Waals surface area (Å²) in [6, 6.07) is 12.6. The van der Waals surface area contributed by atoms with Gasteiger partial charge in [0.2, 0.25) is 5.91 Å². The van der Waals surface area contributed by atoms with Gasteiger partial charge in [-0.15, -0.1) is 0 Å². The number of likely N-dealkylation sites (tertiary alicyclic amines) is 1. The molecule has 2 aliphatic rings. The van der Waals surface area contributed by atoms with Gasteiger partial charge in [0.25, 0.3) is 0 Å². The Kier molecular flexibility index (Phi) is 5.98. The summed E-state index contributed by atoms with van der Waals surface area (Å²) >= 11 is 0. The number of ether oxygens (including phenoxy) is 1. The second kappa shape index (κ2) is 8.80. The molecule has 2 aliphatic heterocycles. The Balaban J connectivity index is 1.44. The lowest BCUT2D eigenvalue weighted by atomic mass is 10.1. The van der Waals surface area contributed by atoms with Crippen LogP contribution in [-0.2, 0) is 16.0 Å². The number of hydrogen-bond acceptors (Lipinski definition) is 4. The fraction of sp³-hybridized carbons (Fsp3) is 0.455. The Morgan fingerprint density at radius 1 is 1.11 bits per heavy atom. The smallest absolute Gasteiger partial charge is 0.237 e. The molecule has 6 heteroatoms. The second-order valence-corrected chi connectivity index (χ2v) is 7.49. The van der Waals surface area contributed by atoms with Crippen molar-refractivity contribution >= 4 is 5.91 Å². The van der Waals surface area contributed by atoms with Crippen molar-refractivity contribution in [1.82, 2.24) is 14.8 Å². The first-order chi connectivity index (χ1) is 13.7. The quantitative estimate of drug-likeness (QED) is 0.797. The summed E-state index contributed by atoms with van der Waals surface area (Å²) in [6.07, 6.45) is 2.60. The number of halogens is 1. The average molecular weight is 383 g/mol. The molecule has 148 valence electrons. The largest absolute Gasteiger partial charge is 0.379 e.